The zero-order valence-electron chi connectivity index (χ0n) is 9.00. The molecule has 0 spiro atoms. The first-order chi connectivity index (χ1) is 7.11. The van der Waals surface area contributed by atoms with Crippen LogP contribution in [0.4, 0.5) is 0 Å². The van der Waals surface area contributed by atoms with E-state index in [9.17, 15) is 15.3 Å². The molecule has 15 heavy (non-hydrogen) atoms. The number of piperidine rings is 1. The minimum atomic E-state index is -1.18. The molecule has 0 saturated carbocycles. The Labute approximate surface area is 89.7 Å². The van der Waals surface area contributed by atoms with Crippen molar-refractivity contribution in [3.05, 3.63) is 0 Å². The summed E-state index contributed by atoms with van der Waals surface area (Å²) in [7, 11) is 0. The van der Waals surface area contributed by atoms with E-state index < -0.39 is 24.4 Å². The van der Waals surface area contributed by atoms with Crippen LogP contribution in [-0.4, -0.2) is 57.4 Å². The second kappa shape index (κ2) is 5.77. The second-order valence-corrected chi connectivity index (χ2v) is 4.18. The molecule has 1 rings (SSSR count). The van der Waals surface area contributed by atoms with E-state index in [0.29, 0.717) is 0 Å². The van der Waals surface area contributed by atoms with Crippen LogP contribution in [0.5, 0.6) is 0 Å². The minimum absolute atomic E-state index is 0.242. The van der Waals surface area contributed by atoms with Crippen molar-refractivity contribution in [3.8, 4) is 0 Å². The Morgan fingerprint density at radius 3 is 2.13 bits per heavy atom. The maximum absolute atomic E-state index is 9.69. The van der Waals surface area contributed by atoms with Gasteiger partial charge < -0.3 is 25.7 Å². The van der Waals surface area contributed by atoms with Gasteiger partial charge in [-0.2, -0.15) is 0 Å². The van der Waals surface area contributed by atoms with Gasteiger partial charge in [0.15, 0.2) is 0 Å². The Morgan fingerprint density at radius 2 is 1.60 bits per heavy atom. The largest absolute Gasteiger partial charge is 0.395 e. The van der Waals surface area contributed by atoms with Crippen LogP contribution in [0, 0.1) is 0 Å². The molecule has 0 amide bonds. The van der Waals surface area contributed by atoms with Gasteiger partial charge in [-0.05, 0) is 6.42 Å². The summed E-state index contributed by atoms with van der Waals surface area (Å²) in [6.45, 7) is 1.80. The summed E-state index contributed by atoms with van der Waals surface area (Å²) in [5, 5.41) is 40.7. The first-order valence-corrected chi connectivity index (χ1v) is 5.53. The van der Waals surface area contributed by atoms with Gasteiger partial charge in [0.1, 0.15) is 6.10 Å². The first kappa shape index (κ1) is 12.9. The van der Waals surface area contributed by atoms with Crippen LogP contribution in [0.15, 0.2) is 0 Å². The molecule has 1 aliphatic heterocycles. The Kier molecular flexibility index (Phi) is 4.95. The molecule has 0 radical (unpaired) electrons. The fourth-order valence-corrected chi connectivity index (χ4v) is 1.99. The van der Waals surface area contributed by atoms with E-state index in [0.717, 1.165) is 19.3 Å². The van der Waals surface area contributed by atoms with Gasteiger partial charge in [0.2, 0.25) is 0 Å². The number of rotatable bonds is 4. The molecule has 0 aromatic heterocycles. The molecule has 0 aliphatic carbocycles. The average molecular weight is 219 g/mol. The van der Waals surface area contributed by atoms with Crippen molar-refractivity contribution < 1.29 is 20.4 Å². The van der Waals surface area contributed by atoms with Crippen molar-refractivity contribution in [2.45, 2.75) is 56.6 Å². The maximum atomic E-state index is 9.69. The Bertz CT molecular complexity index is 188. The molecule has 1 heterocycles. The molecule has 1 aliphatic rings. The molecule has 0 aromatic carbocycles. The Balaban J connectivity index is 2.57. The van der Waals surface area contributed by atoms with Crippen LogP contribution in [0.25, 0.3) is 0 Å². The molecule has 90 valence electrons. The van der Waals surface area contributed by atoms with E-state index in [-0.39, 0.29) is 12.6 Å². The topological polar surface area (TPSA) is 93.0 Å². The third kappa shape index (κ3) is 2.89. The zero-order chi connectivity index (χ0) is 11.4. The van der Waals surface area contributed by atoms with E-state index in [1.807, 2.05) is 6.92 Å². The smallest absolute Gasteiger partial charge is 0.109 e. The lowest BCUT2D eigenvalue weighted by atomic mass is 9.88. The van der Waals surface area contributed by atoms with E-state index in [1.165, 1.54) is 0 Å². The third-order valence-corrected chi connectivity index (χ3v) is 3.02. The number of hydrogen-bond acceptors (Lipinski definition) is 5. The molecular weight excluding hydrogens is 198 g/mol. The molecule has 0 aromatic rings. The van der Waals surface area contributed by atoms with Crippen molar-refractivity contribution in [1.29, 1.82) is 0 Å². The molecule has 1 unspecified atom stereocenters. The maximum Gasteiger partial charge on any atom is 0.109 e. The summed E-state index contributed by atoms with van der Waals surface area (Å²) < 4.78 is 0. The summed E-state index contributed by atoms with van der Waals surface area (Å²) >= 11 is 0. The summed E-state index contributed by atoms with van der Waals surface area (Å²) in [4.78, 5) is 0. The second-order valence-electron chi connectivity index (χ2n) is 4.18. The van der Waals surface area contributed by atoms with Crippen LogP contribution in [0.2, 0.25) is 0 Å². The highest BCUT2D eigenvalue weighted by atomic mass is 16.4. The van der Waals surface area contributed by atoms with Crippen molar-refractivity contribution in [2.24, 2.45) is 0 Å². The SMILES string of the molecule is CCCCC1N[C@H](CO)[C@@H](O)[C@H](O)[C@H]1O. The summed E-state index contributed by atoms with van der Waals surface area (Å²) in [5.74, 6) is 0. The highest BCUT2D eigenvalue weighted by Gasteiger charge is 2.41. The van der Waals surface area contributed by atoms with Gasteiger partial charge >= 0.3 is 0 Å². The van der Waals surface area contributed by atoms with Crippen molar-refractivity contribution >= 4 is 0 Å². The van der Waals surface area contributed by atoms with Crippen LogP contribution >= 0.6 is 0 Å². The molecule has 1 saturated heterocycles. The van der Waals surface area contributed by atoms with E-state index >= 15 is 0 Å². The van der Waals surface area contributed by atoms with Crippen molar-refractivity contribution in [2.75, 3.05) is 6.61 Å². The van der Waals surface area contributed by atoms with E-state index in [4.69, 9.17) is 5.11 Å². The zero-order valence-corrected chi connectivity index (χ0v) is 9.00. The summed E-state index contributed by atoms with van der Waals surface area (Å²) in [6.07, 6.45) is -0.566. The number of hydrogen-bond donors (Lipinski definition) is 5. The number of unbranched alkanes of at least 4 members (excludes halogenated alkanes) is 1. The lowest BCUT2D eigenvalue weighted by Crippen LogP contribution is -2.65. The fourth-order valence-electron chi connectivity index (χ4n) is 1.99. The van der Waals surface area contributed by atoms with Crippen molar-refractivity contribution in [3.63, 3.8) is 0 Å². The molecule has 0 bridgehead atoms. The van der Waals surface area contributed by atoms with Gasteiger partial charge in [-0.25, -0.2) is 0 Å². The van der Waals surface area contributed by atoms with Gasteiger partial charge in [0, 0.05) is 6.04 Å². The molecule has 5 N–H and O–H groups in total. The van der Waals surface area contributed by atoms with E-state index in [2.05, 4.69) is 5.32 Å². The monoisotopic (exact) mass is 219 g/mol. The first-order valence-electron chi connectivity index (χ1n) is 5.53. The molecule has 5 atom stereocenters. The van der Waals surface area contributed by atoms with Gasteiger partial charge in [-0.3, -0.25) is 0 Å². The minimum Gasteiger partial charge on any atom is -0.395 e. The Morgan fingerprint density at radius 1 is 1.00 bits per heavy atom. The number of aliphatic hydroxyl groups is 4. The van der Waals surface area contributed by atoms with Crippen LogP contribution in [-0.2, 0) is 0 Å². The molecule has 5 heteroatoms. The molecular formula is C10H21NO4. The summed E-state index contributed by atoms with van der Waals surface area (Å²) in [5.41, 5.74) is 0. The van der Waals surface area contributed by atoms with Gasteiger partial charge in [0.25, 0.3) is 0 Å². The van der Waals surface area contributed by atoms with Crippen molar-refractivity contribution in [1.82, 2.24) is 5.32 Å². The normalized spacial score (nSPS) is 41.8. The highest BCUT2D eigenvalue weighted by Crippen LogP contribution is 2.18. The standard InChI is InChI=1S/C10H21NO4/c1-2-3-4-6-8(13)10(15)9(14)7(5-12)11-6/h6-15H,2-5H2,1H3/t6?,7-,8+,9-,10-/m1/s1. The highest BCUT2D eigenvalue weighted by molar-refractivity contribution is 4.97. The summed E-state index contributed by atoms with van der Waals surface area (Å²) in [6, 6.07) is -0.800. The quantitative estimate of drug-likeness (QED) is 0.401. The van der Waals surface area contributed by atoms with E-state index in [1.54, 1.807) is 0 Å². The Hall–Kier alpha value is -0.200. The van der Waals surface area contributed by atoms with Gasteiger partial charge in [-0.15, -0.1) is 0 Å². The lowest BCUT2D eigenvalue weighted by Gasteiger charge is -2.41. The fraction of sp³-hybridized carbons (Fsp3) is 1.00. The van der Waals surface area contributed by atoms with Gasteiger partial charge in [-0.1, -0.05) is 19.8 Å². The predicted molar refractivity (Wildman–Crippen MR) is 55.3 cm³/mol. The number of aliphatic hydroxyl groups excluding tert-OH is 4. The molecule has 5 nitrogen and oxygen atoms in total. The number of nitrogens with one attached hydrogen (secondary N) is 1. The van der Waals surface area contributed by atoms with Gasteiger partial charge in [0.05, 0.1) is 24.9 Å². The lowest BCUT2D eigenvalue weighted by molar-refractivity contribution is -0.120. The average Bonchev–Trinajstić information content (AvgIpc) is 2.25. The van der Waals surface area contributed by atoms with Crippen LogP contribution < -0.4 is 5.32 Å². The van der Waals surface area contributed by atoms with Crippen LogP contribution in [0.1, 0.15) is 26.2 Å². The molecule has 1 fully saturated rings. The predicted octanol–water partition coefficient (Wildman–Crippen LogP) is -1.41. The third-order valence-electron chi connectivity index (χ3n) is 3.02. The van der Waals surface area contributed by atoms with Crippen LogP contribution in [0.3, 0.4) is 0 Å².